The normalized spacial score (nSPS) is 11.5. The lowest BCUT2D eigenvalue weighted by atomic mass is 10.1. The first-order valence-electron chi connectivity index (χ1n) is 6.17. The van der Waals surface area contributed by atoms with Crippen LogP contribution in [0.2, 0.25) is 0 Å². The van der Waals surface area contributed by atoms with E-state index >= 15 is 0 Å². The maximum atomic E-state index is 10.0. The van der Waals surface area contributed by atoms with Gasteiger partial charge in [0.1, 0.15) is 6.29 Å². The molecule has 0 aromatic rings. The van der Waals surface area contributed by atoms with E-state index in [4.69, 9.17) is 0 Å². The van der Waals surface area contributed by atoms with Crippen LogP contribution in [0.15, 0.2) is 24.3 Å². The van der Waals surface area contributed by atoms with Gasteiger partial charge in [0.05, 0.1) is 0 Å². The molecule has 0 spiro atoms. The number of aldehydes is 1. The molecule has 1 heteroatoms. The van der Waals surface area contributed by atoms with E-state index in [2.05, 4.69) is 31.2 Å². The van der Waals surface area contributed by atoms with Gasteiger partial charge in [-0.1, -0.05) is 50.5 Å². The van der Waals surface area contributed by atoms with Gasteiger partial charge in [-0.05, 0) is 25.7 Å². The molecule has 0 aromatic carbocycles. The summed E-state index contributed by atoms with van der Waals surface area (Å²) >= 11 is 0. The van der Waals surface area contributed by atoms with Gasteiger partial charge in [0.25, 0.3) is 0 Å². The Morgan fingerprint density at radius 3 is 2.00 bits per heavy atom. The molecule has 0 bridgehead atoms. The van der Waals surface area contributed by atoms with Crippen LogP contribution >= 0.6 is 0 Å². The summed E-state index contributed by atoms with van der Waals surface area (Å²) in [6, 6.07) is 0. The van der Waals surface area contributed by atoms with Crippen molar-refractivity contribution in [1.82, 2.24) is 0 Å². The highest BCUT2D eigenvalue weighted by atomic mass is 16.1. The largest absolute Gasteiger partial charge is 0.303 e. The van der Waals surface area contributed by atoms with Crippen LogP contribution in [0.4, 0.5) is 0 Å². The zero-order chi connectivity index (χ0) is 11.2. The summed E-state index contributed by atoms with van der Waals surface area (Å²) in [4.78, 5) is 10.0. The molecule has 0 radical (unpaired) electrons. The zero-order valence-corrected chi connectivity index (χ0v) is 9.95. The number of hydrogen-bond donors (Lipinski definition) is 0. The Labute approximate surface area is 94.3 Å². The molecular formula is C14H24O. The summed E-state index contributed by atoms with van der Waals surface area (Å²) in [6.07, 6.45) is 18.8. The molecule has 0 heterocycles. The average Bonchev–Trinajstić information content (AvgIpc) is 2.26. The minimum absolute atomic E-state index is 0.732. The molecule has 0 atom stereocenters. The molecule has 0 aliphatic carbocycles. The highest BCUT2D eigenvalue weighted by Gasteiger charge is 1.87. The van der Waals surface area contributed by atoms with Crippen LogP contribution < -0.4 is 0 Å². The van der Waals surface area contributed by atoms with Crippen molar-refractivity contribution in [3.8, 4) is 0 Å². The molecule has 0 saturated carbocycles. The van der Waals surface area contributed by atoms with E-state index in [0.717, 1.165) is 25.5 Å². The lowest BCUT2D eigenvalue weighted by molar-refractivity contribution is -0.107. The van der Waals surface area contributed by atoms with E-state index in [1.54, 1.807) is 0 Å². The van der Waals surface area contributed by atoms with Gasteiger partial charge in [0.15, 0.2) is 0 Å². The van der Waals surface area contributed by atoms with Gasteiger partial charge < -0.3 is 4.79 Å². The van der Waals surface area contributed by atoms with Crippen LogP contribution in [0.1, 0.15) is 58.3 Å². The minimum Gasteiger partial charge on any atom is -0.303 e. The van der Waals surface area contributed by atoms with Crippen molar-refractivity contribution in [2.75, 3.05) is 0 Å². The SMILES string of the molecule is CCC/C=C\C=C\CCCCCCC=O. The van der Waals surface area contributed by atoms with Gasteiger partial charge in [0.2, 0.25) is 0 Å². The van der Waals surface area contributed by atoms with Crippen molar-refractivity contribution >= 4 is 6.29 Å². The Bertz CT molecular complexity index is 180. The van der Waals surface area contributed by atoms with Crippen molar-refractivity contribution in [3.63, 3.8) is 0 Å². The van der Waals surface area contributed by atoms with Gasteiger partial charge in [-0.25, -0.2) is 0 Å². The monoisotopic (exact) mass is 208 g/mol. The zero-order valence-electron chi connectivity index (χ0n) is 9.95. The second kappa shape index (κ2) is 13.2. The number of carbonyl (C=O) groups excluding carboxylic acids is 1. The molecule has 15 heavy (non-hydrogen) atoms. The molecule has 0 aromatic heterocycles. The Balaban J connectivity index is 3.12. The minimum atomic E-state index is 0.732. The predicted molar refractivity (Wildman–Crippen MR) is 67.0 cm³/mol. The predicted octanol–water partition coefficient (Wildman–Crippen LogP) is 4.44. The number of allylic oxidation sites excluding steroid dienone is 4. The van der Waals surface area contributed by atoms with Crippen LogP contribution in [-0.2, 0) is 4.79 Å². The van der Waals surface area contributed by atoms with Crippen LogP contribution in [0.5, 0.6) is 0 Å². The maximum absolute atomic E-state index is 10.0. The summed E-state index contributed by atoms with van der Waals surface area (Å²) in [6.45, 7) is 2.19. The van der Waals surface area contributed by atoms with Gasteiger partial charge >= 0.3 is 0 Å². The quantitative estimate of drug-likeness (QED) is 0.295. The number of unbranched alkanes of at least 4 members (excludes halogenated alkanes) is 6. The van der Waals surface area contributed by atoms with E-state index in [-0.39, 0.29) is 0 Å². The molecular weight excluding hydrogens is 184 g/mol. The van der Waals surface area contributed by atoms with Crippen LogP contribution in [-0.4, -0.2) is 6.29 Å². The lowest BCUT2D eigenvalue weighted by Crippen LogP contribution is -1.78. The third-order valence-corrected chi connectivity index (χ3v) is 2.28. The first kappa shape index (κ1) is 14.2. The van der Waals surface area contributed by atoms with E-state index < -0.39 is 0 Å². The molecule has 86 valence electrons. The molecule has 0 saturated heterocycles. The second-order valence-corrected chi connectivity index (χ2v) is 3.80. The highest BCUT2D eigenvalue weighted by molar-refractivity contribution is 5.48. The van der Waals surface area contributed by atoms with E-state index in [1.165, 1.54) is 32.1 Å². The molecule has 0 aliphatic heterocycles. The molecule has 1 nitrogen and oxygen atoms in total. The summed E-state index contributed by atoms with van der Waals surface area (Å²) in [7, 11) is 0. The molecule has 0 fully saturated rings. The third kappa shape index (κ3) is 13.2. The number of carbonyl (C=O) groups is 1. The van der Waals surface area contributed by atoms with Crippen LogP contribution in [0.3, 0.4) is 0 Å². The molecule has 0 N–H and O–H groups in total. The highest BCUT2D eigenvalue weighted by Crippen LogP contribution is 2.04. The van der Waals surface area contributed by atoms with Gasteiger partial charge in [0, 0.05) is 6.42 Å². The fraction of sp³-hybridized carbons (Fsp3) is 0.643. The Morgan fingerprint density at radius 1 is 0.800 bits per heavy atom. The Kier molecular flexibility index (Phi) is 12.4. The summed E-state index contributed by atoms with van der Waals surface area (Å²) in [5.41, 5.74) is 0. The number of rotatable bonds is 10. The maximum Gasteiger partial charge on any atom is 0.119 e. The summed E-state index contributed by atoms with van der Waals surface area (Å²) in [5, 5.41) is 0. The fourth-order valence-electron chi connectivity index (χ4n) is 1.36. The summed E-state index contributed by atoms with van der Waals surface area (Å²) < 4.78 is 0. The van der Waals surface area contributed by atoms with Gasteiger partial charge in [-0.15, -0.1) is 0 Å². The topological polar surface area (TPSA) is 17.1 Å². The van der Waals surface area contributed by atoms with Crippen molar-refractivity contribution in [1.29, 1.82) is 0 Å². The average molecular weight is 208 g/mol. The van der Waals surface area contributed by atoms with Crippen LogP contribution in [0.25, 0.3) is 0 Å². The summed E-state index contributed by atoms with van der Waals surface area (Å²) in [5.74, 6) is 0. The molecule has 0 aliphatic rings. The fourth-order valence-corrected chi connectivity index (χ4v) is 1.36. The smallest absolute Gasteiger partial charge is 0.119 e. The van der Waals surface area contributed by atoms with Gasteiger partial charge in [-0.3, -0.25) is 0 Å². The Morgan fingerprint density at radius 2 is 1.40 bits per heavy atom. The number of hydrogen-bond acceptors (Lipinski definition) is 1. The molecule has 0 rings (SSSR count). The third-order valence-electron chi connectivity index (χ3n) is 2.28. The molecule has 0 unspecified atom stereocenters. The van der Waals surface area contributed by atoms with Crippen molar-refractivity contribution in [2.45, 2.75) is 58.3 Å². The van der Waals surface area contributed by atoms with Crippen molar-refractivity contribution < 1.29 is 4.79 Å². The van der Waals surface area contributed by atoms with E-state index in [9.17, 15) is 4.79 Å². The molecule has 0 amide bonds. The van der Waals surface area contributed by atoms with Crippen molar-refractivity contribution in [2.24, 2.45) is 0 Å². The van der Waals surface area contributed by atoms with Crippen LogP contribution in [0, 0.1) is 0 Å². The van der Waals surface area contributed by atoms with E-state index in [1.807, 2.05) is 0 Å². The second-order valence-electron chi connectivity index (χ2n) is 3.80. The first-order chi connectivity index (χ1) is 7.41. The van der Waals surface area contributed by atoms with Crippen molar-refractivity contribution in [3.05, 3.63) is 24.3 Å². The standard InChI is InChI=1S/C14H24O/c1-2-3-4-5-6-7-8-9-10-11-12-13-14-15/h4-7,14H,2-3,8-13H2,1H3/b5-4-,7-6+. The van der Waals surface area contributed by atoms with E-state index in [0.29, 0.717) is 0 Å². The Hall–Kier alpha value is -0.850. The van der Waals surface area contributed by atoms with Gasteiger partial charge in [-0.2, -0.15) is 0 Å². The first-order valence-corrected chi connectivity index (χ1v) is 6.17. The lowest BCUT2D eigenvalue weighted by Gasteiger charge is -1.95.